The predicted molar refractivity (Wildman–Crippen MR) is 111 cm³/mol. The Kier molecular flexibility index (Phi) is 10.5. The van der Waals surface area contributed by atoms with Gasteiger partial charge in [0.25, 0.3) is 0 Å². The number of guanidine groups is 1. The normalized spacial score (nSPS) is 16.8. The fourth-order valence-corrected chi connectivity index (χ4v) is 2.94. The fraction of sp³-hybridized carbons (Fsp3) is 0.667. The molecule has 1 aromatic carbocycles. The molecule has 1 aromatic rings. The smallest absolute Gasteiger partial charge is 0.191 e. The first-order valence-electron chi connectivity index (χ1n) is 10.2. The van der Waals surface area contributed by atoms with E-state index in [9.17, 15) is 0 Å². The van der Waals surface area contributed by atoms with Crippen molar-refractivity contribution >= 4 is 5.96 Å². The van der Waals surface area contributed by atoms with Crippen LogP contribution in [0, 0.1) is 5.92 Å². The van der Waals surface area contributed by atoms with Gasteiger partial charge in [-0.05, 0) is 44.4 Å². The molecule has 1 unspecified atom stereocenters. The number of nitrogens with zero attached hydrogens (tertiary/aromatic N) is 1. The summed E-state index contributed by atoms with van der Waals surface area (Å²) in [6.45, 7) is 10.1. The number of benzene rings is 1. The first-order chi connectivity index (χ1) is 13.8. The largest absolute Gasteiger partial charge is 0.493 e. The molecule has 1 fully saturated rings. The summed E-state index contributed by atoms with van der Waals surface area (Å²) in [5, 5.41) is 6.63. The van der Waals surface area contributed by atoms with Crippen LogP contribution in [0.5, 0.6) is 11.5 Å². The molecule has 0 amide bonds. The Hall–Kier alpha value is -1.99. The van der Waals surface area contributed by atoms with Crippen molar-refractivity contribution in [1.82, 2.24) is 10.6 Å². The number of methoxy groups -OCH3 is 1. The number of ether oxygens (including phenoxy) is 4. The Balaban J connectivity index is 1.74. The van der Waals surface area contributed by atoms with Crippen molar-refractivity contribution in [3.63, 3.8) is 0 Å². The van der Waals surface area contributed by atoms with Gasteiger partial charge in [0.15, 0.2) is 17.5 Å². The Morgan fingerprint density at radius 3 is 2.86 bits per heavy atom. The van der Waals surface area contributed by atoms with Crippen LogP contribution in [0.3, 0.4) is 0 Å². The highest BCUT2D eigenvalue weighted by atomic mass is 16.5. The van der Waals surface area contributed by atoms with E-state index in [1.165, 1.54) is 0 Å². The quantitative estimate of drug-likeness (QED) is 0.323. The monoisotopic (exact) mass is 393 g/mol. The molecule has 7 nitrogen and oxygen atoms in total. The summed E-state index contributed by atoms with van der Waals surface area (Å²) in [5.41, 5.74) is 1.07. The molecule has 1 saturated heterocycles. The highest BCUT2D eigenvalue weighted by Crippen LogP contribution is 2.28. The molecule has 2 N–H and O–H groups in total. The molecule has 1 atom stereocenters. The maximum atomic E-state index is 5.74. The summed E-state index contributed by atoms with van der Waals surface area (Å²) in [7, 11) is 1.65. The highest BCUT2D eigenvalue weighted by molar-refractivity contribution is 5.79. The van der Waals surface area contributed by atoms with E-state index >= 15 is 0 Å². The van der Waals surface area contributed by atoms with Gasteiger partial charge >= 0.3 is 0 Å². The van der Waals surface area contributed by atoms with Gasteiger partial charge < -0.3 is 29.6 Å². The van der Waals surface area contributed by atoms with E-state index < -0.39 is 0 Å². The van der Waals surface area contributed by atoms with Crippen LogP contribution in [-0.2, 0) is 16.0 Å². The minimum atomic E-state index is 0.566. The van der Waals surface area contributed by atoms with E-state index in [2.05, 4.69) is 22.5 Å². The molecule has 0 spiro atoms. The average Bonchev–Trinajstić information content (AvgIpc) is 3.23. The van der Waals surface area contributed by atoms with E-state index in [-0.39, 0.29) is 0 Å². The molecule has 2 rings (SSSR count). The lowest BCUT2D eigenvalue weighted by Gasteiger charge is -2.13. The zero-order valence-corrected chi connectivity index (χ0v) is 17.5. The second-order valence-electron chi connectivity index (χ2n) is 6.70. The SMILES string of the molecule is CCNC(=NCc1ccc(OCC)c(OC)c1)NCCCOCC1CCOC1. The number of aliphatic imine (C=N–C) groups is 1. The lowest BCUT2D eigenvalue weighted by molar-refractivity contribution is 0.0888. The number of nitrogens with one attached hydrogen (secondary N) is 2. The highest BCUT2D eigenvalue weighted by Gasteiger charge is 2.15. The third-order valence-electron chi connectivity index (χ3n) is 4.43. The molecule has 0 bridgehead atoms. The van der Waals surface area contributed by atoms with E-state index in [0.29, 0.717) is 19.1 Å². The summed E-state index contributed by atoms with van der Waals surface area (Å²) < 4.78 is 22.1. The van der Waals surface area contributed by atoms with Crippen LogP contribution >= 0.6 is 0 Å². The van der Waals surface area contributed by atoms with Crippen molar-refractivity contribution in [1.29, 1.82) is 0 Å². The Morgan fingerprint density at radius 1 is 1.25 bits per heavy atom. The van der Waals surface area contributed by atoms with Crippen LogP contribution in [0.25, 0.3) is 0 Å². The van der Waals surface area contributed by atoms with Crippen molar-refractivity contribution in [3.05, 3.63) is 23.8 Å². The standard InChI is InChI=1S/C21H35N3O4/c1-4-22-21(23-10-6-11-26-15-18-9-12-27-16-18)24-14-17-7-8-19(28-5-2)20(13-17)25-3/h7-8,13,18H,4-6,9-12,14-16H2,1-3H3,(H2,22,23,24). The summed E-state index contributed by atoms with van der Waals surface area (Å²) >= 11 is 0. The van der Waals surface area contributed by atoms with Crippen molar-refractivity contribution in [3.8, 4) is 11.5 Å². The third kappa shape index (κ3) is 7.94. The zero-order chi connectivity index (χ0) is 20.0. The third-order valence-corrected chi connectivity index (χ3v) is 4.43. The van der Waals surface area contributed by atoms with Gasteiger partial charge in [0.05, 0.1) is 33.5 Å². The molecule has 28 heavy (non-hydrogen) atoms. The summed E-state index contributed by atoms with van der Waals surface area (Å²) in [5.74, 6) is 2.86. The summed E-state index contributed by atoms with van der Waals surface area (Å²) in [4.78, 5) is 4.66. The molecule has 1 heterocycles. The van der Waals surface area contributed by atoms with Gasteiger partial charge in [-0.3, -0.25) is 0 Å². The van der Waals surface area contributed by atoms with Crippen LogP contribution in [0.15, 0.2) is 23.2 Å². The molecular weight excluding hydrogens is 358 g/mol. The molecule has 0 aliphatic carbocycles. The summed E-state index contributed by atoms with van der Waals surface area (Å²) in [6.07, 6.45) is 2.06. The molecule has 0 radical (unpaired) electrons. The van der Waals surface area contributed by atoms with Crippen molar-refractivity contribution in [2.24, 2.45) is 10.9 Å². The van der Waals surface area contributed by atoms with Crippen LogP contribution in [0.2, 0.25) is 0 Å². The van der Waals surface area contributed by atoms with Crippen molar-refractivity contribution in [2.75, 3.05) is 53.2 Å². The van der Waals surface area contributed by atoms with Gasteiger partial charge in [0.1, 0.15) is 0 Å². The van der Waals surface area contributed by atoms with Crippen molar-refractivity contribution in [2.45, 2.75) is 33.2 Å². The maximum Gasteiger partial charge on any atom is 0.191 e. The number of hydrogen-bond donors (Lipinski definition) is 2. The fourth-order valence-electron chi connectivity index (χ4n) is 2.94. The molecule has 0 aromatic heterocycles. The summed E-state index contributed by atoms with van der Waals surface area (Å²) in [6, 6.07) is 5.92. The lowest BCUT2D eigenvalue weighted by Crippen LogP contribution is -2.38. The van der Waals surface area contributed by atoms with Crippen LogP contribution in [-0.4, -0.2) is 59.2 Å². The lowest BCUT2D eigenvalue weighted by atomic mass is 10.1. The maximum absolute atomic E-state index is 5.74. The minimum absolute atomic E-state index is 0.566. The molecular formula is C21H35N3O4. The average molecular weight is 394 g/mol. The van der Waals surface area contributed by atoms with Gasteiger partial charge in [-0.1, -0.05) is 6.07 Å². The minimum Gasteiger partial charge on any atom is -0.493 e. The van der Waals surface area contributed by atoms with Gasteiger partial charge in [-0.25, -0.2) is 4.99 Å². The molecule has 1 aliphatic heterocycles. The van der Waals surface area contributed by atoms with Gasteiger partial charge in [0, 0.05) is 32.2 Å². The van der Waals surface area contributed by atoms with Crippen LogP contribution in [0.4, 0.5) is 0 Å². The van der Waals surface area contributed by atoms with Gasteiger partial charge in [-0.2, -0.15) is 0 Å². The number of rotatable bonds is 12. The van der Waals surface area contributed by atoms with E-state index in [0.717, 1.165) is 75.4 Å². The number of hydrogen-bond acceptors (Lipinski definition) is 5. The zero-order valence-electron chi connectivity index (χ0n) is 17.5. The Bertz CT molecular complexity index is 589. The molecule has 7 heteroatoms. The van der Waals surface area contributed by atoms with Crippen LogP contribution < -0.4 is 20.1 Å². The van der Waals surface area contributed by atoms with Gasteiger partial charge in [-0.15, -0.1) is 0 Å². The molecule has 158 valence electrons. The first kappa shape index (κ1) is 22.3. The second kappa shape index (κ2) is 13.2. The van der Waals surface area contributed by atoms with Gasteiger partial charge in [0.2, 0.25) is 0 Å². The molecule has 0 saturated carbocycles. The first-order valence-corrected chi connectivity index (χ1v) is 10.2. The molecule has 1 aliphatic rings. The van der Waals surface area contributed by atoms with E-state index in [4.69, 9.17) is 18.9 Å². The topological polar surface area (TPSA) is 73.3 Å². The van der Waals surface area contributed by atoms with E-state index in [1.807, 2.05) is 25.1 Å². The Labute approximate surface area is 168 Å². The Morgan fingerprint density at radius 2 is 2.14 bits per heavy atom. The van der Waals surface area contributed by atoms with Crippen molar-refractivity contribution < 1.29 is 18.9 Å². The second-order valence-corrected chi connectivity index (χ2v) is 6.70. The predicted octanol–water partition coefficient (Wildman–Crippen LogP) is 2.59. The van der Waals surface area contributed by atoms with E-state index in [1.54, 1.807) is 7.11 Å². The van der Waals surface area contributed by atoms with Crippen LogP contribution in [0.1, 0.15) is 32.3 Å².